The molecule has 0 unspecified atom stereocenters. The van der Waals surface area contributed by atoms with Crippen molar-refractivity contribution in [1.29, 1.82) is 0 Å². The van der Waals surface area contributed by atoms with Gasteiger partial charge in [-0.05, 0) is 35.6 Å². The monoisotopic (exact) mass is 307 g/mol. The van der Waals surface area contributed by atoms with Gasteiger partial charge in [-0.25, -0.2) is 9.97 Å². The number of fused-ring (bicyclic) bond motifs is 1. The minimum absolute atomic E-state index is 0.403. The summed E-state index contributed by atoms with van der Waals surface area (Å²) in [5.74, 6) is 1.10. The quantitative estimate of drug-likeness (QED) is 0.267. The molecule has 4 nitrogen and oxygen atoms in total. The van der Waals surface area contributed by atoms with Gasteiger partial charge in [0, 0.05) is 12.1 Å². The molecule has 0 saturated heterocycles. The van der Waals surface area contributed by atoms with Crippen LogP contribution in [0.4, 0.5) is 5.95 Å². The molecule has 0 bridgehead atoms. The number of thioether (sulfide) groups is 1. The summed E-state index contributed by atoms with van der Waals surface area (Å²) < 4.78 is 5.27. The van der Waals surface area contributed by atoms with E-state index in [1.54, 1.807) is 6.26 Å². The van der Waals surface area contributed by atoms with Crippen LogP contribution in [0.3, 0.4) is 0 Å². The summed E-state index contributed by atoms with van der Waals surface area (Å²) in [5.41, 5.74) is 3.56. The fourth-order valence-corrected chi connectivity index (χ4v) is 2.28. The first kappa shape index (κ1) is 14.2. The van der Waals surface area contributed by atoms with Crippen LogP contribution in [-0.2, 0) is 0 Å². The van der Waals surface area contributed by atoms with Crippen LogP contribution in [0.15, 0.2) is 58.2 Å². The molecule has 22 heavy (non-hydrogen) atoms. The molecule has 108 valence electrons. The molecule has 0 aliphatic heterocycles. The molecule has 0 amide bonds. The van der Waals surface area contributed by atoms with Crippen molar-refractivity contribution in [2.45, 2.75) is 5.03 Å². The molecular weight excluding hydrogens is 294 g/mol. The summed E-state index contributed by atoms with van der Waals surface area (Å²) in [5, 5.41) is 3.47. The van der Waals surface area contributed by atoms with Gasteiger partial charge in [0.25, 0.3) is 0 Å². The summed E-state index contributed by atoms with van der Waals surface area (Å²) >= 11 is 1.52. The number of hydrogen-bond donors (Lipinski definition) is 1. The standard InChI is InChI=1S/C11H9N3OS.C6H4/c1-3-12-11-13-8(7-10(14-11)16-2)9-5-4-6-15-9;1-2-5-4-6(5)3-1/h1,4-7H,2H3,(H,12,13,14);1-4H. The van der Waals surface area contributed by atoms with Crippen LogP contribution < -0.4 is 5.32 Å². The maximum Gasteiger partial charge on any atom is 0.236 e. The Morgan fingerprint density at radius 3 is 2.45 bits per heavy atom. The lowest BCUT2D eigenvalue weighted by molar-refractivity contribution is 0.579. The van der Waals surface area contributed by atoms with Crippen LogP contribution in [0, 0.1) is 12.5 Å². The molecule has 2 heterocycles. The zero-order valence-electron chi connectivity index (χ0n) is 11.9. The molecule has 2 aromatic heterocycles. The first-order valence-electron chi connectivity index (χ1n) is 6.59. The van der Waals surface area contributed by atoms with E-state index in [1.807, 2.05) is 24.5 Å². The second kappa shape index (κ2) is 6.37. The second-order valence-corrected chi connectivity index (χ2v) is 5.27. The number of anilines is 1. The first-order chi connectivity index (χ1) is 10.8. The summed E-state index contributed by atoms with van der Waals surface area (Å²) in [6.45, 7) is 0. The molecule has 0 fully saturated rings. The van der Waals surface area contributed by atoms with Crippen molar-refractivity contribution >= 4 is 17.7 Å². The molecule has 2 aliphatic rings. The molecular formula is C17H13N3OS. The van der Waals surface area contributed by atoms with Crippen LogP contribution in [0.25, 0.3) is 22.6 Å². The molecule has 0 spiro atoms. The fourth-order valence-electron chi connectivity index (χ4n) is 1.88. The van der Waals surface area contributed by atoms with E-state index < -0.39 is 0 Å². The maximum absolute atomic E-state index is 5.27. The average Bonchev–Trinajstić information content (AvgIpc) is 2.99. The highest BCUT2D eigenvalue weighted by Crippen LogP contribution is 2.32. The van der Waals surface area contributed by atoms with Crippen LogP contribution in [0.1, 0.15) is 0 Å². The Hall–Kier alpha value is -2.71. The Balaban J connectivity index is 0.000000196. The number of terminal acetylenes is 1. The normalized spacial score (nSPS) is 10.2. The predicted molar refractivity (Wildman–Crippen MR) is 89.4 cm³/mol. The third kappa shape index (κ3) is 3.30. The summed E-state index contributed by atoms with van der Waals surface area (Å²) in [6, 6.07) is 16.3. The van der Waals surface area contributed by atoms with E-state index in [0.717, 1.165) is 5.03 Å². The Morgan fingerprint density at radius 1 is 1.14 bits per heavy atom. The van der Waals surface area contributed by atoms with E-state index in [2.05, 4.69) is 45.6 Å². The van der Waals surface area contributed by atoms with E-state index in [9.17, 15) is 0 Å². The molecule has 0 saturated carbocycles. The van der Waals surface area contributed by atoms with E-state index in [4.69, 9.17) is 10.8 Å². The molecule has 5 heteroatoms. The van der Waals surface area contributed by atoms with Crippen molar-refractivity contribution in [2.24, 2.45) is 0 Å². The van der Waals surface area contributed by atoms with Crippen molar-refractivity contribution in [2.75, 3.05) is 11.6 Å². The van der Waals surface area contributed by atoms with Crippen molar-refractivity contribution in [3.63, 3.8) is 0 Å². The second-order valence-electron chi connectivity index (χ2n) is 4.45. The third-order valence-corrected chi connectivity index (χ3v) is 3.61. The van der Waals surface area contributed by atoms with Gasteiger partial charge in [0.1, 0.15) is 10.7 Å². The van der Waals surface area contributed by atoms with Gasteiger partial charge in [0.05, 0.1) is 6.26 Å². The van der Waals surface area contributed by atoms with Gasteiger partial charge in [-0.2, -0.15) is 0 Å². The lowest BCUT2D eigenvalue weighted by Gasteiger charge is -2.03. The van der Waals surface area contributed by atoms with E-state index in [-0.39, 0.29) is 0 Å². The van der Waals surface area contributed by atoms with Crippen LogP contribution in [-0.4, -0.2) is 16.2 Å². The van der Waals surface area contributed by atoms with Gasteiger partial charge in [-0.15, -0.1) is 11.8 Å². The summed E-state index contributed by atoms with van der Waals surface area (Å²) in [4.78, 5) is 8.45. The van der Waals surface area contributed by atoms with E-state index >= 15 is 0 Å². The zero-order valence-corrected chi connectivity index (χ0v) is 12.7. The molecule has 2 aliphatic carbocycles. The van der Waals surface area contributed by atoms with Crippen molar-refractivity contribution in [3.05, 3.63) is 48.7 Å². The number of hydrogen-bond acceptors (Lipinski definition) is 5. The number of benzene rings is 1. The van der Waals surface area contributed by atoms with Crippen molar-refractivity contribution in [1.82, 2.24) is 9.97 Å². The lowest BCUT2D eigenvalue weighted by atomic mass is 10.3. The molecule has 4 rings (SSSR count). The number of nitrogens with one attached hydrogen (secondary N) is 1. The van der Waals surface area contributed by atoms with E-state index in [1.165, 1.54) is 22.9 Å². The van der Waals surface area contributed by atoms with Gasteiger partial charge in [0.15, 0.2) is 5.76 Å². The zero-order chi connectivity index (χ0) is 15.4. The highest BCUT2D eigenvalue weighted by atomic mass is 32.2. The lowest BCUT2D eigenvalue weighted by Crippen LogP contribution is -1.98. The number of rotatable bonds is 3. The van der Waals surface area contributed by atoms with Gasteiger partial charge < -0.3 is 4.42 Å². The Bertz CT molecular complexity index is 805. The van der Waals surface area contributed by atoms with Gasteiger partial charge in [-0.1, -0.05) is 24.6 Å². The SMILES string of the molecule is C#CNc1nc(SC)cc(-c2ccco2)n1.c1cc2cc-2c1. The summed E-state index contributed by atoms with van der Waals surface area (Å²) in [7, 11) is 0. The fraction of sp³-hybridized carbons (Fsp3) is 0.0588. The maximum atomic E-state index is 5.27. The van der Waals surface area contributed by atoms with Crippen molar-refractivity contribution < 1.29 is 4.42 Å². The predicted octanol–water partition coefficient (Wildman–Crippen LogP) is 4.13. The van der Waals surface area contributed by atoms with Gasteiger partial charge in [-0.3, -0.25) is 5.32 Å². The average molecular weight is 307 g/mol. The Morgan fingerprint density at radius 2 is 1.95 bits per heavy atom. The highest BCUT2D eigenvalue weighted by Gasteiger charge is 2.08. The Labute approximate surface area is 133 Å². The topological polar surface area (TPSA) is 51.0 Å². The van der Waals surface area contributed by atoms with Crippen LogP contribution in [0.5, 0.6) is 0 Å². The Kier molecular flexibility index (Phi) is 4.12. The molecule has 0 aromatic carbocycles. The molecule has 2 aromatic rings. The minimum Gasteiger partial charge on any atom is -0.463 e. The first-order valence-corrected chi connectivity index (χ1v) is 7.81. The molecule has 0 atom stereocenters. The third-order valence-electron chi connectivity index (χ3n) is 2.98. The smallest absolute Gasteiger partial charge is 0.236 e. The molecule has 0 radical (unpaired) electrons. The van der Waals surface area contributed by atoms with Crippen molar-refractivity contribution in [3.8, 4) is 35.0 Å². The van der Waals surface area contributed by atoms with Gasteiger partial charge >= 0.3 is 0 Å². The van der Waals surface area contributed by atoms with Crippen LogP contribution >= 0.6 is 11.8 Å². The molecule has 1 N–H and O–H groups in total. The number of nitrogens with zero attached hydrogens (tertiary/aromatic N) is 2. The summed E-state index contributed by atoms with van der Waals surface area (Å²) in [6.07, 6.45) is 8.69. The highest BCUT2D eigenvalue weighted by molar-refractivity contribution is 7.98. The van der Waals surface area contributed by atoms with Crippen LogP contribution in [0.2, 0.25) is 0 Å². The van der Waals surface area contributed by atoms with Gasteiger partial charge in [0.2, 0.25) is 5.95 Å². The minimum atomic E-state index is 0.403. The van der Waals surface area contributed by atoms with E-state index in [0.29, 0.717) is 17.4 Å². The number of aromatic nitrogens is 2. The largest absolute Gasteiger partial charge is 0.463 e. The number of furan rings is 1.